The molecule has 0 saturated heterocycles. The molecule has 0 bridgehead atoms. The molecule has 2 nitrogen and oxygen atoms in total. The van der Waals surface area contributed by atoms with Gasteiger partial charge in [0.1, 0.15) is 12.4 Å². The Morgan fingerprint density at radius 2 is 1.71 bits per heavy atom. The molecule has 2 rings (SSSR count). The number of hydrogen-bond acceptors (Lipinski definition) is 2. The van der Waals surface area contributed by atoms with Crippen LogP contribution in [0.1, 0.15) is 18.1 Å². The second-order valence-electron chi connectivity index (χ2n) is 5.33. The van der Waals surface area contributed by atoms with E-state index in [1.54, 1.807) is 6.08 Å². The third-order valence-electron chi connectivity index (χ3n) is 3.55. The molecule has 0 spiro atoms. The van der Waals surface area contributed by atoms with E-state index in [2.05, 4.69) is 6.58 Å². The Morgan fingerprint density at radius 1 is 1.05 bits per heavy atom. The monoisotopic (exact) mass is 282 g/mol. The Kier molecular flexibility index (Phi) is 5.59. The molecule has 2 atom stereocenters. The molecule has 0 radical (unpaired) electrons. The molecule has 1 unspecified atom stereocenters. The van der Waals surface area contributed by atoms with Crippen molar-refractivity contribution in [3.63, 3.8) is 0 Å². The predicted molar refractivity (Wildman–Crippen MR) is 86.3 cm³/mol. The number of rotatable bonds is 7. The highest BCUT2D eigenvalue weighted by molar-refractivity contribution is 5.28. The topological polar surface area (TPSA) is 29.5 Å². The van der Waals surface area contributed by atoms with Crippen molar-refractivity contribution in [1.82, 2.24) is 0 Å². The first-order chi connectivity index (χ1) is 10.2. The van der Waals surface area contributed by atoms with E-state index < -0.39 is 6.10 Å². The fraction of sp³-hybridized carbons (Fsp3) is 0.263. The fourth-order valence-corrected chi connectivity index (χ4v) is 2.19. The first-order valence-corrected chi connectivity index (χ1v) is 7.25. The third-order valence-corrected chi connectivity index (χ3v) is 3.55. The van der Waals surface area contributed by atoms with Gasteiger partial charge in [-0.1, -0.05) is 55.5 Å². The zero-order valence-electron chi connectivity index (χ0n) is 12.4. The van der Waals surface area contributed by atoms with Crippen LogP contribution in [0.5, 0.6) is 5.75 Å². The van der Waals surface area contributed by atoms with Gasteiger partial charge < -0.3 is 9.84 Å². The molecular weight excluding hydrogens is 260 g/mol. The quantitative estimate of drug-likeness (QED) is 0.778. The van der Waals surface area contributed by atoms with Gasteiger partial charge in [-0.3, -0.25) is 0 Å². The zero-order valence-corrected chi connectivity index (χ0v) is 12.4. The molecule has 0 aliphatic heterocycles. The van der Waals surface area contributed by atoms with Crippen LogP contribution >= 0.6 is 0 Å². The van der Waals surface area contributed by atoms with E-state index in [9.17, 15) is 5.11 Å². The van der Waals surface area contributed by atoms with Crippen molar-refractivity contribution in [3.05, 3.63) is 78.4 Å². The fourth-order valence-electron chi connectivity index (χ4n) is 2.19. The van der Waals surface area contributed by atoms with Crippen LogP contribution in [0, 0.1) is 5.92 Å². The van der Waals surface area contributed by atoms with Gasteiger partial charge in [0.15, 0.2) is 0 Å². The molecule has 2 aromatic rings. The van der Waals surface area contributed by atoms with Crippen LogP contribution in [-0.2, 0) is 13.0 Å². The number of aliphatic hydroxyl groups excluding tert-OH is 1. The van der Waals surface area contributed by atoms with Gasteiger partial charge in [-0.2, -0.15) is 0 Å². The Labute approximate surface area is 126 Å². The van der Waals surface area contributed by atoms with Crippen LogP contribution in [0.4, 0.5) is 0 Å². The first kappa shape index (κ1) is 15.3. The summed E-state index contributed by atoms with van der Waals surface area (Å²) in [5.74, 6) is 1.03. The molecule has 2 aromatic carbocycles. The van der Waals surface area contributed by atoms with Gasteiger partial charge in [0.2, 0.25) is 0 Å². The molecule has 0 fully saturated rings. The van der Waals surface area contributed by atoms with E-state index >= 15 is 0 Å². The zero-order chi connectivity index (χ0) is 15.1. The van der Waals surface area contributed by atoms with Gasteiger partial charge in [0.25, 0.3) is 0 Å². The summed E-state index contributed by atoms with van der Waals surface area (Å²) in [6, 6.07) is 18.2. The van der Waals surface area contributed by atoms with Crippen LogP contribution in [0.15, 0.2) is 67.3 Å². The average molecular weight is 282 g/mol. The molecule has 0 saturated carbocycles. The number of aliphatic hydroxyl groups is 1. The largest absolute Gasteiger partial charge is 0.489 e. The predicted octanol–water partition coefficient (Wildman–Crippen LogP) is 3.99. The van der Waals surface area contributed by atoms with E-state index in [4.69, 9.17) is 4.74 Å². The molecule has 0 aromatic heterocycles. The molecule has 0 heterocycles. The maximum atomic E-state index is 9.71. The molecular formula is C19H22O2. The van der Waals surface area contributed by atoms with E-state index in [1.165, 1.54) is 5.56 Å². The van der Waals surface area contributed by atoms with Crippen LogP contribution in [0.25, 0.3) is 0 Å². The van der Waals surface area contributed by atoms with E-state index in [0.717, 1.165) is 17.7 Å². The standard InChI is InChI=1S/C19H22O2/c1-3-19(20)15(2)13-16-9-11-18(12-10-16)21-14-17-7-5-4-6-8-17/h3-12,15,19-20H,1,13-14H2,2H3/t15?,19-/m0/s1. The van der Waals surface area contributed by atoms with Gasteiger partial charge in [0.05, 0.1) is 6.10 Å². The lowest BCUT2D eigenvalue weighted by molar-refractivity contribution is 0.162. The van der Waals surface area contributed by atoms with E-state index in [-0.39, 0.29) is 5.92 Å². The van der Waals surface area contributed by atoms with Gasteiger partial charge in [-0.15, -0.1) is 6.58 Å². The van der Waals surface area contributed by atoms with Crippen molar-refractivity contribution in [2.45, 2.75) is 26.1 Å². The minimum atomic E-state index is -0.459. The van der Waals surface area contributed by atoms with E-state index in [1.807, 2.05) is 61.5 Å². The average Bonchev–Trinajstić information content (AvgIpc) is 2.54. The van der Waals surface area contributed by atoms with Gasteiger partial charge in [-0.25, -0.2) is 0 Å². The summed E-state index contributed by atoms with van der Waals surface area (Å²) in [4.78, 5) is 0. The normalized spacial score (nSPS) is 13.4. The molecule has 1 N–H and O–H groups in total. The summed E-state index contributed by atoms with van der Waals surface area (Å²) in [5, 5.41) is 9.71. The van der Waals surface area contributed by atoms with Crippen LogP contribution in [0.2, 0.25) is 0 Å². The Bertz CT molecular complexity index is 546. The summed E-state index contributed by atoms with van der Waals surface area (Å²) in [7, 11) is 0. The van der Waals surface area contributed by atoms with Crippen molar-refractivity contribution in [2.75, 3.05) is 0 Å². The Hall–Kier alpha value is -2.06. The van der Waals surface area contributed by atoms with Crippen LogP contribution in [0.3, 0.4) is 0 Å². The molecule has 110 valence electrons. The minimum absolute atomic E-state index is 0.165. The van der Waals surface area contributed by atoms with Crippen molar-refractivity contribution >= 4 is 0 Å². The Morgan fingerprint density at radius 3 is 2.33 bits per heavy atom. The second-order valence-corrected chi connectivity index (χ2v) is 5.33. The summed E-state index contributed by atoms with van der Waals surface area (Å²) in [5.41, 5.74) is 2.35. The molecule has 0 amide bonds. The van der Waals surface area contributed by atoms with Crippen LogP contribution < -0.4 is 4.74 Å². The van der Waals surface area contributed by atoms with Crippen molar-refractivity contribution in [1.29, 1.82) is 0 Å². The smallest absolute Gasteiger partial charge is 0.119 e. The molecule has 0 aliphatic carbocycles. The highest BCUT2D eigenvalue weighted by Crippen LogP contribution is 2.18. The number of ether oxygens (including phenoxy) is 1. The lowest BCUT2D eigenvalue weighted by atomic mass is 9.96. The summed E-state index contributed by atoms with van der Waals surface area (Å²) < 4.78 is 5.76. The lowest BCUT2D eigenvalue weighted by Gasteiger charge is -2.15. The number of benzene rings is 2. The van der Waals surface area contributed by atoms with Crippen molar-refractivity contribution < 1.29 is 9.84 Å². The second kappa shape index (κ2) is 7.65. The summed E-state index contributed by atoms with van der Waals surface area (Å²) >= 11 is 0. The highest BCUT2D eigenvalue weighted by atomic mass is 16.5. The summed E-state index contributed by atoms with van der Waals surface area (Å²) in [6.07, 6.45) is 1.95. The first-order valence-electron chi connectivity index (χ1n) is 7.25. The maximum absolute atomic E-state index is 9.71. The van der Waals surface area contributed by atoms with E-state index in [0.29, 0.717) is 6.61 Å². The number of hydrogen-bond donors (Lipinski definition) is 1. The highest BCUT2D eigenvalue weighted by Gasteiger charge is 2.11. The van der Waals surface area contributed by atoms with Crippen LogP contribution in [-0.4, -0.2) is 11.2 Å². The third kappa shape index (κ3) is 4.76. The molecule has 0 aliphatic rings. The van der Waals surface area contributed by atoms with Gasteiger partial charge in [0, 0.05) is 0 Å². The van der Waals surface area contributed by atoms with Gasteiger partial charge >= 0.3 is 0 Å². The Balaban J connectivity index is 1.88. The molecule has 2 heteroatoms. The maximum Gasteiger partial charge on any atom is 0.119 e. The van der Waals surface area contributed by atoms with Crippen molar-refractivity contribution in [2.24, 2.45) is 5.92 Å². The van der Waals surface area contributed by atoms with Crippen molar-refractivity contribution in [3.8, 4) is 5.75 Å². The minimum Gasteiger partial charge on any atom is -0.489 e. The molecule has 21 heavy (non-hydrogen) atoms. The summed E-state index contributed by atoms with van der Waals surface area (Å²) in [6.45, 7) is 6.22. The SMILES string of the molecule is C=C[C@H](O)C(C)Cc1ccc(OCc2ccccc2)cc1. The van der Waals surface area contributed by atoms with Gasteiger partial charge in [-0.05, 0) is 35.6 Å². The lowest BCUT2D eigenvalue weighted by Crippen LogP contribution is -2.16.